The molecule has 0 bridgehead atoms. The van der Waals surface area contributed by atoms with E-state index in [1.165, 1.54) is 0 Å². The van der Waals surface area contributed by atoms with Gasteiger partial charge in [-0.05, 0) is 0 Å². The summed E-state index contributed by atoms with van der Waals surface area (Å²) in [6, 6.07) is 0. The van der Waals surface area contributed by atoms with Gasteiger partial charge >= 0.3 is 0 Å². The van der Waals surface area contributed by atoms with Gasteiger partial charge in [0.25, 0.3) is 0 Å². The molecule has 0 unspecified atom stereocenters. The molecule has 13 heavy (non-hydrogen) atoms. The number of hydrogen-bond donors (Lipinski definition) is 5. The lowest BCUT2D eigenvalue weighted by atomic mass is 10.00. The molecule has 0 saturated carbocycles. The van der Waals surface area contributed by atoms with E-state index in [-0.39, 0.29) is 5.48 Å². The van der Waals surface area contributed by atoms with Crippen molar-refractivity contribution >= 4 is 0 Å². The van der Waals surface area contributed by atoms with Crippen LogP contribution in [0.2, 0.25) is 0 Å². The van der Waals surface area contributed by atoms with Crippen LogP contribution >= 0.6 is 0 Å². The Morgan fingerprint density at radius 1 is 0.923 bits per heavy atom. The lowest BCUT2D eigenvalue weighted by Crippen LogP contribution is -2.58. The standard InChI is InChI=1S/C6H12O6.H2O/c7-1-2-3(8)4(9)5(10)6(11)12-2;/h2-11H,1H2;1H2/t2-,3-,4+,5+,6+;/m1./s1. The van der Waals surface area contributed by atoms with Crippen molar-refractivity contribution in [2.75, 3.05) is 6.61 Å². The van der Waals surface area contributed by atoms with Gasteiger partial charge in [0.2, 0.25) is 0 Å². The summed E-state index contributed by atoms with van der Waals surface area (Å²) >= 11 is 0. The first-order valence-corrected chi connectivity index (χ1v) is 3.56. The molecule has 80 valence electrons. The second-order valence-corrected chi connectivity index (χ2v) is 2.72. The molecule has 1 heterocycles. The van der Waals surface area contributed by atoms with Crippen LogP contribution in [0.5, 0.6) is 0 Å². The van der Waals surface area contributed by atoms with Gasteiger partial charge in [-0.1, -0.05) is 0 Å². The molecule has 1 saturated heterocycles. The summed E-state index contributed by atoms with van der Waals surface area (Å²) in [6.07, 6.45) is -7.04. The van der Waals surface area contributed by atoms with Crippen molar-refractivity contribution in [1.29, 1.82) is 0 Å². The van der Waals surface area contributed by atoms with Crippen LogP contribution in [-0.2, 0) is 4.74 Å². The first kappa shape index (κ1) is 12.7. The van der Waals surface area contributed by atoms with E-state index in [2.05, 4.69) is 4.74 Å². The van der Waals surface area contributed by atoms with Gasteiger partial charge in [0.05, 0.1) is 6.61 Å². The third-order valence-corrected chi connectivity index (χ3v) is 1.87. The summed E-state index contributed by atoms with van der Waals surface area (Å²) in [5, 5.41) is 44.7. The largest absolute Gasteiger partial charge is 0.412 e. The Kier molecular flexibility index (Phi) is 4.71. The summed E-state index contributed by atoms with van der Waals surface area (Å²) in [4.78, 5) is 0. The van der Waals surface area contributed by atoms with E-state index in [4.69, 9.17) is 25.5 Å². The van der Waals surface area contributed by atoms with Crippen molar-refractivity contribution in [3.8, 4) is 0 Å². The predicted molar refractivity (Wildman–Crippen MR) is 39.6 cm³/mol. The third kappa shape index (κ3) is 2.35. The van der Waals surface area contributed by atoms with Crippen LogP contribution in [-0.4, -0.2) is 68.3 Å². The van der Waals surface area contributed by atoms with Gasteiger partial charge < -0.3 is 35.7 Å². The molecule has 5 atom stereocenters. The van der Waals surface area contributed by atoms with E-state index in [0.717, 1.165) is 0 Å². The van der Waals surface area contributed by atoms with Crippen LogP contribution in [0.15, 0.2) is 0 Å². The van der Waals surface area contributed by atoms with Crippen molar-refractivity contribution in [3.05, 3.63) is 0 Å². The highest BCUT2D eigenvalue weighted by Crippen LogP contribution is 2.18. The Hall–Kier alpha value is -0.280. The maximum atomic E-state index is 9.12. The van der Waals surface area contributed by atoms with Gasteiger partial charge in [-0.25, -0.2) is 0 Å². The zero-order valence-electron chi connectivity index (χ0n) is 6.74. The predicted octanol–water partition coefficient (Wildman–Crippen LogP) is -4.05. The van der Waals surface area contributed by atoms with Crippen molar-refractivity contribution in [2.24, 2.45) is 0 Å². The van der Waals surface area contributed by atoms with Crippen molar-refractivity contribution in [2.45, 2.75) is 30.7 Å². The zero-order chi connectivity index (χ0) is 9.30. The highest BCUT2D eigenvalue weighted by molar-refractivity contribution is 4.87. The smallest absolute Gasteiger partial charge is 0.184 e. The minimum atomic E-state index is -1.57. The molecular formula is C6H14O7. The molecule has 0 aromatic heterocycles. The van der Waals surface area contributed by atoms with E-state index in [0.29, 0.717) is 0 Å². The summed E-state index contributed by atoms with van der Waals surface area (Å²) in [5.74, 6) is 0. The highest BCUT2D eigenvalue weighted by atomic mass is 16.6. The minimum Gasteiger partial charge on any atom is -0.412 e. The molecule has 0 amide bonds. The molecular weight excluding hydrogens is 184 g/mol. The maximum Gasteiger partial charge on any atom is 0.184 e. The van der Waals surface area contributed by atoms with E-state index < -0.39 is 37.3 Å². The molecule has 0 spiro atoms. The molecule has 1 fully saturated rings. The van der Waals surface area contributed by atoms with Crippen LogP contribution in [0.1, 0.15) is 0 Å². The molecule has 0 aliphatic carbocycles. The number of rotatable bonds is 1. The second-order valence-electron chi connectivity index (χ2n) is 2.72. The van der Waals surface area contributed by atoms with E-state index >= 15 is 0 Å². The fourth-order valence-corrected chi connectivity index (χ4v) is 1.08. The van der Waals surface area contributed by atoms with Crippen LogP contribution in [0, 0.1) is 0 Å². The molecule has 0 aromatic carbocycles. The average Bonchev–Trinajstić information content (AvgIpc) is 2.08. The third-order valence-electron chi connectivity index (χ3n) is 1.87. The molecule has 1 rings (SSSR count). The Balaban J connectivity index is 0.00000144. The minimum absolute atomic E-state index is 0. The Labute approximate surface area is 74.1 Å². The Morgan fingerprint density at radius 3 is 1.92 bits per heavy atom. The van der Waals surface area contributed by atoms with Crippen molar-refractivity contribution in [3.63, 3.8) is 0 Å². The number of aliphatic hydroxyl groups excluding tert-OH is 5. The molecule has 7 heteroatoms. The quantitative estimate of drug-likeness (QED) is 0.290. The molecule has 7 nitrogen and oxygen atoms in total. The number of hydrogen-bond acceptors (Lipinski definition) is 6. The summed E-state index contributed by atoms with van der Waals surface area (Å²) in [5.41, 5.74) is 0. The monoisotopic (exact) mass is 198 g/mol. The highest BCUT2D eigenvalue weighted by Gasteiger charge is 2.42. The lowest BCUT2D eigenvalue weighted by Gasteiger charge is -2.37. The number of aliphatic hydroxyl groups is 5. The topological polar surface area (TPSA) is 142 Å². The molecule has 1 aliphatic rings. The average molecular weight is 198 g/mol. The molecule has 7 N–H and O–H groups in total. The van der Waals surface area contributed by atoms with Crippen molar-refractivity contribution in [1.82, 2.24) is 0 Å². The molecule has 1 aliphatic heterocycles. The van der Waals surface area contributed by atoms with E-state index in [9.17, 15) is 0 Å². The lowest BCUT2D eigenvalue weighted by molar-refractivity contribution is -0.286. The summed E-state index contributed by atoms with van der Waals surface area (Å²) < 4.78 is 4.58. The van der Waals surface area contributed by atoms with Gasteiger partial charge in [0.15, 0.2) is 6.29 Å². The summed E-state index contributed by atoms with van der Waals surface area (Å²) in [6.45, 7) is -0.526. The van der Waals surface area contributed by atoms with Crippen LogP contribution in [0.25, 0.3) is 0 Å². The first-order valence-electron chi connectivity index (χ1n) is 3.56. The van der Waals surface area contributed by atoms with Gasteiger partial charge in [-0.3, -0.25) is 0 Å². The molecule has 0 radical (unpaired) electrons. The molecule has 0 aromatic rings. The van der Waals surface area contributed by atoms with Gasteiger partial charge in [-0.2, -0.15) is 0 Å². The van der Waals surface area contributed by atoms with Gasteiger partial charge in [-0.15, -0.1) is 0 Å². The fraction of sp³-hybridized carbons (Fsp3) is 1.00. The number of ether oxygens (including phenoxy) is 1. The summed E-state index contributed by atoms with van der Waals surface area (Å²) in [7, 11) is 0. The van der Waals surface area contributed by atoms with Crippen LogP contribution in [0.4, 0.5) is 0 Å². The first-order chi connectivity index (χ1) is 5.57. The normalized spacial score (nSPS) is 45.5. The fourth-order valence-electron chi connectivity index (χ4n) is 1.08. The van der Waals surface area contributed by atoms with E-state index in [1.54, 1.807) is 0 Å². The maximum absolute atomic E-state index is 9.12. The Morgan fingerprint density at radius 2 is 1.46 bits per heavy atom. The SMILES string of the molecule is O.OC[C@H]1O[C@H](O)[C@@H](O)[C@@H](O)[C@@H]1O. The van der Waals surface area contributed by atoms with Crippen molar-refractivity contribution < 1.29 is 35.7 Å². The van der Waals surface area contributed by atoms with Gasteiger partial charge in [0, 0.05) is 0 Å². The van der Waals surface area contributed by atoms with Crippen LogP contribution < -0.4 is 0 Å². The van der Waals surface area contributed by atoms with Crippen LogP contribution in [0.3, 0.4) is 0 Å². The zero-order valence-corrected chi connectivity index (χ0v) is 6.74. The Bertz CT molecular complexity index is 147. The van der Waals surface area contributed by atoms with Gasteiger partial charge in [0.1, 0.15) is 24.4 Å². The second kappa shape index (κ2) is 4.82. The van der Waals surface area contributed by atoms with E-state index in [1.807, 2.05) is 0 Å².